The van der Waals surface area contributed by atoms with Gasteiger partial charge in [0.1, 0.15) is 6.29 Å². The van der Waals surface area contributed by atoms with Gasteiger partial charge in [-0.3, -0.25) is 19.7 Å². The normalized spacial score (nSPS) is 9.81. The molecular formula is C10H9NO5. The number of benzene rings is 1. The molecule has 0 aliphatic heterocycles. The van der Waals surface area contributed by atoms with E-state index in [0.717, 1.165) is 0 Å². The van der Waals surface area contributed by atoms with E-state index in [1.807, 2.05) is 0 Å². The molecule has 0 aliphatic rings. The highest BCUT2D eigenvalue weighted by Gasteiger charge is 2.18. The number of carbonyl (C=O) groups excluding carboxylic acids is 1. The quantitative estimate of drug-likeness (QED) is 0.472. The lowest BCUT2D eigenvalue weighted by molar-refractivity contribution is -0.385. The van der Waals surface area contributed by atoms with Crippen LogP contribution in [0.4, 0.5) is 5.69 Å². The van der Waals surface area contributed by atoms with Gasteiger partial charge in [0.2, 0.25) is 0 Å². The van der Waals surface area contributed by atoms with Gasteiger partial charge < -0.3 is 5.11 Å². The summed E-state index contributed by atoms with van der Waals surface area (Å²) in [6, 6.07) is 2.45. The number of hydrogen-bond donors (Lipinski definition) is 1. The van der Waals surface area contributed by atoms with Gasteiger partial charge in [0.25, 0.3) is 5.69 Å². The smallest absolute Gasteiger partial charge is 0.308 e. The molecule has 0 atom stereocenters. The lowest BCUT2D eigenvalue weighted by Gasteiger charge is -2.04. The molecule has 0 unspecified atom stereocenters. The minimum atomic E-state index is -1.18. The zero-order valence-electron chi connectivity index (χ0n) is 8.47. The molecule has 1 rings (SSSR count). The predicted molar refractivity (Wildman–Crippen MR) is 54.6 cm³/mol. The van der Waals surface area contributed by atoms with Crippen LogP contribution in [0.3, 0.4) is 0 Å². The van der Waals surface area contributed by atoms with E-state index in [-0.39, 0.29) is 16.8 Å². The largest absolute Gasteiger partial charge is 0.481 e. The van der Waals surface area contributed by atoms with Crippen LogP contribution in [-0.4, -0.2) is 22.3 Å². The third-order valence-corrected chi connectivity index (χ3v) is 2.13. The molecule has 0 aromatic heterocycles. The van der Waals surface area contributed by atoms with Gasteiger partial charge in [-0.15, -0.1) is 0 Å². The van der Waals surface area contributed by atoms with Gasteiger partial charge in [-0.1, -0.05) is 0 Å². The minimum absolute atomic E-state index is 0.0326. The van der Waals surface area contributed by atoms with Crippen molar-refractivity contribution in [1.29, 1.82) is 0 Å². The van der Waals surface area contributed by atoms with Gasteiger partial charge in [-0.2, -0.15) is 0 Å². The standard InChI is InChI=1S/C10H9NO5/c1-6-2-9(11(15)16)7(4-10(13)14)3-8(6)5-12/h2-3,5H,4H2,1H3,(H,13,14). The van der Waals surface area contributed by atoms with E-state index >= 15 is 0 Å². The predicted octanol–water partition coefficient (Wildman–Crippen LogP) is 1.34. The van der Waals surface area contributed by atoms with Crippen molar-refractivity contribution in [3.63, 3.8) is 0 Å². The van der Waals surface area contributed by atoms with Crippen molar-refractivity contribution >= 4 is 17.9 Å². The summed E-state index contributed by atoms with van der Waals surface area (Å²) in [5.74, 6) is -1.18. The average Bonchev–Trinajstić information content (AvgIpc) is 2.19. The fourth-order valence-corrected chi connectivity index (χ4v) is 1.36. The Labute approximate surface area is 90.7 Å². The molecule has 16 heavy (non-hydrogen) atoms. The summed E-state index contributed by atoms with van der Waals surface area (Å²) >= 11 is 0. The molecule has 0 spiro atoms. The molecule has 1 aromatic carbocycles. The molecule has 0 amide bonds. The van der Waals surface area contributed by atoms with Crippen LogP contribution in [0.25, 0.3) is 0 Å². The third kappa shape index (κ3) is 2.41. The zero-order valence-corrected chi connectivity index (χ0v) is 8.47. The Hall–Kier alpha value is -2.24. The molecule has 84 valence electrons. The Balaban J connectivity index is 3.35. The van der Waals surface area contributed by atoms with Gasteiger partial charge in [-0.25, -0.2) is 0 Å². The molecule has 0 fully saturated rings. The Morgan fingerprint density at radius 2 is 2.19 bits per heavy atom. The topological polar surface area (TPSA) is 97.5 Å². The Morgan fingerprint density at radius 3 is 2.62 bits per heavy atom. The minimum Gasteiger partial charge on any atom is -0.481 e. The SMILES string of the molecule is Cc1cc([N+](=O)[O-])c(CC(=O)O)cc1C=O. The Kier molecular flexibility index (Phi) is 3.34. The Morgan fingerprint density at radius 1 is 1.56 bits per heavy atom. The van der Waals surface area contributed by atoms with Gasteiger partial charge in [-0.05, 0) is 18.6 Å². The summed E-state index contributed by atoms with van der Waals surface area (Å²) in [7, 11) is 0. The highest BCUT2D eigenvalue weighted by atomic mass is 16.6. The summed E-state index contributed by atoms with van der Waals surface area (Å²) in [6.45, 7) is 1.56. The van der Waals surface area contributed by atoms with Gasteiger partial charge in [0, 0.05) is 17.2 Å². The molecule has 0 radical (unpaired) electrons. The van der Waals surface area contributed by atoms with E-state index in [0.29, 0.717) is 11.8 Å². The molecule has 6 nitrogen and oxygen atoms in total. The highest BCUT2D eigenvalue weighted by molar-refractivity contribution is 5.80. The summed E-state index contributed by atoms with van der Waals surface area (Å²) < 4.78 is 0. The van der Waals surface area contributed by atoms with Crippen molar-refractivity contribution in [3.8, 4) is 0 Å². The zero-order chi connectivity index (χ0) is 12.3. The van der Waals surface area contributed by atoms with Crippen molar-refractivity contribution in [2.45, 2.75) is 13.3 Å². The molecule has 1 aromatic rings. The molecule has 0 bridgehead atoms. The molecule has 0 saturated heterocycles. The first-order chi connectivity index (χ1) is 7.45. The fraction of sp³-hybridized carbons (Fsp3) is 0.200. The second-order valence-electron chi connectivity index (χ2n) is 3.28. The van der Waals surface area contributed by atoms with Crippen LogP contribution in [0, 0.1) is 17.0 Å². The Bertz CT molecular complexity index is 467. The van der Waals surface area contributed by atoms with Crippen LogP contribution in [0.1, 0.15) is 21.5 Å². The van der Waals surface area contributed by atoms with Crippen molar-refractivity contribution in [2.24, 2.45) is 0 Å². The first-order valence-corrected chi connectivity index (χ1v) is 4.40. The number of aliphatic carboxylic acids is 1. The van der Waals surface area contributed by atoms with Crippen molar-refractivity contribution < 1.29 is 19.6 Å². The maximum Gasteiger partial charge on any atom is 0.308 e. The number of carboxylic acids is 1. The van der Waals surface area contributed by atoms with Gasteiger partial charge in [0.15, 0.2) is 0 Å². The maximum atomic E-state index is 10.7. The van der Waals surface area contributed by atoms with Crippen molar-refractivity contribution in [1.82, 2.24) is 0 Å². The number of hydrogen-bond acceptors (Lipinski definition) is 4. The number of carboxylic acid groups (broad SMARTS) is 1. The summed E-state index contributed by atoms with van der Waals surface area (Å²) in [4.78, 5) is 31.2. The van der Waals surface area contributed by atoms with Crippen LogP contribution in [0.5, 0.6) is 0 Å². The van der Waals surface area contributed by atoms with E-state index in [1.165, 1.54) is 12.1 Å². The van der Waals surface area contributed by atoms with E-state index in [1.54, 1.807) is 6.92 Å². The number of nitrogens with zero attached hydrogens (tertiary/aromatic N) is 1. The monoisotopic (exact) mass is 223 g/mol. The van der Waals surface area contributed by atoms with Crippen LogP contribution in [0.2, 0.25) is 0 Å². The lowest BCUT2D eigenvalue weighted by atomic mass is 10.0. The summed E-state index contributed by atoms with van der Waals surface area (Å²) in [6.07, 6.45) is 0.0713. The fourth-order valence-electron chi connectivity index (χ4n) is 1.36. The first-order valence-electron chi connectivity index (χ1n) is 4.40. The number of carbonyl (C=O) groups is 2. The molecule has 0 heterocycles. The number of aryl methyl sites for hydroxylation is 1. The second kappa shape index (κ2) is 4.52. The number of nitro groups is 1. The molecule has 0 saturated carbocycles. The highest BCUT2D eigenvalue weighted by Crippen LogP contribution is 2.23. The van der Waals surface area contributed by atoms with E-state index in [2.05, 4.69) is 0 Å². The molecule has 0 aliphatic carbocycles. The van der Waals surface area contributed by atoms with E-state index in [4.69, 9.17) is 5.11 Å². The number of aldehydes is 1. The van der Waals surface area contributed by atoms with E-state index in [9.17, 15) is 19.7 Å². The van der Waals surface area contributed by atoms with Crippen LogP contribution < -0.4 is 0 Å². The van der Waals surface area contributed by atoms with E-state index < -0.39 is 17.3 Å². The van der Waals surface area contributed by atoms with Crippen molar-refractivity contribution in [2.75, 3.05) is 0 Å². The molecular weight excluding hydrogens is 214 g/mol. The summed E-state index contributed by atoms with van der Waals surface area (Å²) in [5, 5.41) is 19.3. The van der Waals surface area contributed by atoms with Crippen molar-refractivity contribution in [3.05, 3.63) is 38.9 Å². The number of rotatable bonds is 4. The van der Waals surface area contributed by atoms with Crippen LogP contribution in [-0.2, 0) is 11.2 Å². The van der Waals surface area contributed by atoms with Crippen LogP contribution >= 0.6 is 0 Å². The average molecular weight is 223 g/mol. The molecule has 6 heteroatoms. The molecule has 1 N–H and O–H groups in total. The summed E-state index contributed by atoms with van der Waals surface area (Å²) in [5.41, 5.74) is 0.480. The lowest BCUT2D eigenvalue weighted by Crippen LogP contribution is -2.05. The van der Waals surface area contributed by atoms with Gasteiger partial charge >= 0.3 is 5.97 Å². The first kappa shape index (κ1) is 11.8. The third-order valence-electron chi connectivity index (χ3n) is 2.13. The van der Waals surface area contributed by atoms with Crippen LogP contribution in [0.15, 0.2) is 12.1 Å². The number of nitro benzene ring substituents is 1. The van der Waals surface area contributed by atoms with Gasteiger partial charge in [0.05, 0.1) is 11.3 Å². The maximum absolute atomic E-state index is 10.7. The second-order valence-corrected chi connectivity index (χ2v) is 3.28.